The zero-order chi connectivity index (χ0) is 16.1. The third-order valence-corrected chi connectivity index (χ3v) is 2.84. The van der Waals surface area contributed by atoms with Gasteiger partial charge in [-0.1, -0.05) is 0 Å². The quantitative estimate of drug-likeness (QED) is 0.878. The fraction of sp³-hybridized carbons (Fsp3) is 0.133. The minimum absolute atomic E-state index is 0.0134. The molecule has 0 aliphatic heterocycles. The number of carbonyl (C=O) groups is 2. The lowest BCUT2D eigenvalue weighted by Crippen LogP contribution is -2.24. The highest BCUT2D eigenvalue weighted by Gasteiger charge is 2.13. The van der Waals surface area contributed by atoms with E-state index < -0.39 is 23.5 Å². The molecular weight excluding hydrogens is 294 g/mol. The van der Waals surface area contributed by atoms with E-state index in [2.05, 4.69) is 15.0 Å². The Balaban J connectivity index is 2.06. The Morgan fingerprint density at radius 1 is 1.23 bits per heavy atom. The van der Waals surface area contributed by atoms with E-state index >= 15 is 0 Å². The second-order valence-corrected chi connectivity index (χ2v) is 4.33. The van der Waals surface area contributed by atoms with Crippen molar-refractivity contribution in [2.24, 2.45) is 0 Å². The van der Waals surface area contributed by atoms with Crippen LogP contribution in [0.4, 0.5) is 8.78 Å². The Morgan fingerprint density at radius 3 is 2.68 bits per heavy atom. The number of amides is 1. The molecule has 1 aromatic carbocycles. The summed E-state index contributed by atoms with van der Waals surface area (Å²) in [4.78, 5) is 27.2. The molecule has 5 nitrogen and oxygen atoms in total. The summed E-state index contributed by atoms with van der Waals surface area (Å²) in [6, 6.07) is 5.60. The van der Waals surface area contributed by atoms with E-state index in [0.29, 0.717) is 11.8 Å². The minimum atomic E-state index is -0.950. The number of pyridine rings is 1. The van der Waals surface area contributed by atoms with Gasteiger partial charge < -0.3 is 10.1 Å². The maximum Gasteiger partial charge on any atom is 0.337 e. The number of halogens is 2. The number of nitrogens with one attached hydrogen (secondary N) is 1. The third-order valence-electron chi connectivity index (χ3n) is 2.84. The Morgan fingerprint density at radius 2 is 2.00 bits per heavy atom. The molecule has 114 valence electrons. The van der Waals surface area contributed by atoms with Crippen molar-refractivity contribution in [1.82, 2.24) is 10.3 Å². The summed E-state index contributed by atoms with van der Waals surface area (Å²) in [7, 11) is 1.25. The van der Waals surface area contributed by atoms with E-state index in [9.17, 15) is 18.4 Å². The van der Waals surface area contributed by atoms with Gasteiger partial charge in [0.05, 0.1) is 30.5 Å². The summed E-state index contributed by atoms with van der Waals surface area (Å²) in [6.45, 7) is -0.0134. The van der Waals surface area contributed by atoms with Crippen LogP contribution in [0.2, 0.25) is 0 Å². The van der Waals surface area contributed by atoms with Crippen LogP contribution in [0.25, 0.3) is 0 Å². The summed E-state index contributed by atoms with van der Waals surface area (Å²) in [5.74, 6) is -2.95. The summed E-state index contributed by atoms with van der Waals surface area (Å²) >= 11 is 0. The molecule has 0 saturated carbocycles. The normalized spacial score (nSPS) is 10.1. The third kappa shape index (κ3) is 3.63. The molecular formula is C15H12F2N2O3. The van der Waals surface area contributed by atoms with Crippen LogP contribution in [0.15, 0.2) is 36.5 Å². The van der Waals surface area contributed by atoms with Gasteiger partial charge in [0.15, 0.2) is 0 Å². The van der Waals surface area contributed by atoms with Crippen LogP contribution in [0, 0.1) is 11.6 Å². The molecule has 0 saturated heterocycles. The number of methoxy groups -OCH3 is 1. The summed E-state index contributed by atoms with van der Waals surface area (Å²) in [5.41, 5.74) is 0.416. The predicted octanol–water partition coefficient (Wildman–Crippen LogP) is 2.08. The van der Waals surface area contributed by atoms with Gasteiger partial charge in [-0.05, 0) is 24.3 Å². The van der Waals surface area contributed by atoms with Crippen molar-refractivity contribution in [3.8, 4) is 0 Å². The molecule has 1 amide bonds. The first-order valence-electron chi connectivity index (χ1n) is 6.27. The highest BCUT2D eigenvalue weighted by molar-refractivity contribution is 5.94. The number of hydrogen-bond acceptors (Lipinski definition) is 4. The van der Waals surface area contributed by atoms with Crippen LogP contribution in [0.3, 0.4) is 0 Å². The van der Waals surface area contributed by atoms with Crippen molar-refractivity contribution in [2.75, 3.05) is 7.11 Å². The summed E-state index contributed by atoms with van der Waals surface area (Å²) in [6.07, 6.45) is 1.40. The average molecular weight is 306 g/mol. The molecule has 1 N–H and O–H groups in total. The van der Waals surface area contributed by atoms with E-state index in [1.165, 1.54) is 25.4 Å². The maximum absolute atomic E-state index is 13.5. The van der Waals surface area contributed by atoms with Crippen LogP contribution in [-0.2, 0) is 11.3 Å². The topological polar surface area (TPSA) is 68.3 Å². The van der Waals surface area contributed by atoms with E-state index in [4.69, 9.17) is 0 Å². The van der Waals surface area contributed by atoms with Gasteiger partial charge in [0.1, 0.15) is 11.6 Å². The molecule has 1 aromatic heterocycles. The second kappa shape index (κ2) is 6.75. The van der Waals surface area contributed by atoms with Crippen molar-refractivity contribution in [3.63, 3.8) is 0 Å². The second-order valence-electron chi connectivity index (χ2n) is 4.33. The lowest BCUT2D eigenvalue weighted by atomic mass is 10.2. The number of benzene rings is 1. The molecule has 7 heteroatoms. The first-order valence-corrected chi connectivity index (χ1v) is 6.27. The summed E-state index contributed by atoms with van der Waals surface area (Å²) < 4.78 is 30.8. The van der Waals surface area contributed by atoms with Gasteiger partial charge in [-0.25, -0.2) is 13.6 Å². The van der Waals surface area contributed by atoms with E-state index in [-0.39, 0.29) is 17.7 Å². The van der Waals surface area contributed by atoms with Gasteiger partial charge >= 0.3 is 5.97 Å². The molecule has 2 rings (SSSR count). The van der Waals surface area contributed by atoms with E-state index in [1.54, 1.807) is 0 Å². The number of ether oxygens (including phenoxy) is 1. The smallest absolute Gasteiger partial charge is 0.337 e. The molecule has 0 unspecified atom stereocenters. The lowest BCUT2D eigenvalue weighted by Gasteiger charge is -2.07. The molecule has 0 fully saturated rings. The molecule has 22 heavy (non-hydrogen) atoms. The fourth-order valence-corrected chi connectivity index (χ4v) is 1.76. The number of esters is 1. The molecule has 0 bridgehead atoms. The van der Waals surface area contributed by atoms with Crippen LogP contribution >= 0.6 is 0 Å². The lowest BCUT2D eigenvalue weighted by molar-refractivity contribution is 0.0600. The Labute approximate surface area is 124 Å². The van der Waals surface area contributed by atoms with Crippen molar-refractivity contribution >= 4 is 11.9 Å². The van der Waals surface area contributed by atoms with Crippen LogP contribution in [-0.4, -0.2) is 24.0 Å². The van der Waals surface area contributed by atoms with Gasteiger partial charge in [0, 0.05) is 12.3 Å². The zero-order valence-corrected chi connectivity index (χ0v) is 11.6. The predicted molar refractivity (Wildman–Crippen MR) is 73.1 cm³/mol. The number of carbonyl (C=O) groups excluding carboxylic acids is 2. The number of nitrogens with zero attached hydrogens (tertiary/aromatic N) is 1. The van der Waals surface area contributed by atoms with E-state index in [0.717, 1.165) is 12.1 Å². The minimum Gasteiger partial charge on any atom is -0.465 e. The van der Waals surface area contributed by atoms with Gasteiger partial charge in [-0.2, -0.15) is 0 Å². The molecule has 0 atom stereocenters. The largest absolute Gasteiger partial charge is 0.465 e. The number of aromatic nitrogens is 1. The average Bonchev–Trinajstić information content (AvgIpc) is 2.52. The van der Waals surface area contributed by atoms with Crippen molar-refractivity contribution < 1.29 is 23.1 Å². The first kappa shape index (κ1) is 15.6. The standard InChI is InChI=1S/C15H12F2N2O3/c1-22-15(21)9-4-5-18-11(6-9)8-19-14(20)12-3-2-10(16)7-13(12)17/h2-7H,8H2,1H3,(H,19,20). The van der Waals surface area contributed by atoms with Gasteiger partial charge in [-0.3, -0.25) is 9.78 Å². The molecule has 0 spiro atoms. The molecule has 0 radical (unpaired) electrons. The number of rotatable bonds is 4. The Bertz CT molecular complexity index is 720. The number of hydrogen-bond donors (Lipinski definition) is 1. The van der Waals surface area contributed by atoms with Gasteiger partial charge in [-0.15, -0.1) is 0 Å². The van der Waals surface area contributed by atoms with Crippen molar-refractivity contribution in [3.05, 3.63) is 65.0 Å². The molecule has 0 aliphatic rings. The Hall–Kier alpha value is -2.83. The fourth-order valence-electron chi connectivity index (χ4n) is 1.76. The van der Waals surface area contributed by atoms with Crippen LogP contribution in [0.1, 0.15) is 26.4 Å². The molecule has 2 aromatic rings. The Kier molecular flexibility index (Phi) is 4.77. The van der Waals surface area contributed by atoms with E-state index in [1.807, 2.05) is 0 Å². The van der Waals surface area contributed by atoms with Crippen LogP contribution < -0.4 is 5.32 Å². The summed E-state index contributed by atoms with van der Waals surface area (Å²) in [5, 5.41) is 2.44. The zero-order valence-electron chi connectivity index (χ0n) is 11.6. The van der Waals surface area contributed by atoms with Crippen LogP contribution in [0.5, 0.6) is 0 Å². The molecule has 0 aliphatic carbocycles. The molecule has 1 heterocycles. The van der Waals surface area contributed by atoms with Gasteiger partial charge in [0.2, 0.25) is 0 Å². The monoisotopic (exact) mass is 306 g/mol. The SMILES string of the molecule is COC(=O)c1ccnc(CNC(=O)c2ccc(F)cc2F)c1. The highest BCUT2D eigenvalue weighted by Crippen LogP contribution is 2.10. The van der Waals surface area contributed by atoms with Crippen molar-refractivity contribution in [1.29, 1.82) is 0 Å². The maximum atomic E-state index is 13.5. The highest BCUT2D eigenvalue weighted by atomic mass is 19.1. The first-order chi connectivity index (χ1) is 10.5. The van der Waals surface area contributed by atoms with Gasteiger partial charge in [0.25, 0.3) is 5.91 Å². The van der Waals surface area contributed by atoms with Crippen molar-refractivity contribution in [2.45, 2.75) is 6.54 Å².